The molecular weight excluding hydrogens is 234 g/mol. The fourth-order valence-electron chi connectivity index (χ4n) is 1.31. The molecule has 1 aromatic heterocycles. The summed E-state index contributed by atoms with van der Waals surface area (Å²) in [5, 5.41) is 5.72. The summed E-state index contributed by atoms with van der Waals surface area (Å²) in [4.78, 5) is 15.8. The first-order valence-corrected chi connectivity index (χ1v) is 5.64. The number of pyridine rings is 1. The number of amides is 1. The minimum atomic E-state index is -0.387. The Hall–Kier alpha value is -1.86. The summed E-state index contributed by atoms with van der Waals surface area (Å²) >= 11 is 0. The van der Waals surface area contributed by atoms with Crippen molar-refractivity contribution in [2.24, 2.45) is 5.84 Å². The molecule has 0 aromatic carbocycles. The summed E-state index contributed by atoms with van der Waals surface area (Å²) in [5.74, 6) is 6.26. The molecule has 0 radical (unpaired) electrons. The number of carbonyl (C=O) groups is 1. The van der Waals surface area contributed by atoms with Crippen LogP contribution in [0.4, 0.5) is 11.6 Å². The number of hydrogen-bond donors (Lipinski definition) is 4. The lowest BCUT2D eigenvalue weighted by Crippen LogP contribution is -2.39. The highest BCUT2D eigenvalue weighted by atomic mass is 16.5. The van der Waals surface area contributed by atoms with Crippen molar-refractivity contribution in [3.05, 3.63) is 18.2 Å². The van der Waals surface area contributed by atoms with E-state index in [-0.39, 0.29) is 11.9 Å². The standard InChI is InChI=1S/C11H19N5O2/c1-8(11(17)13-6-7-18-2)14-9-4-3-5-10(15-9)16-12/h3-5,8H,6-7,12H2,1-2H3,(H,13,17)(H2,14,15,16). The first-order chi connectivity index (χ1) is 8.67. The van der Waals surface area contributed by atoms with Crippen LogP contribution in [0.25, 0.3) is 0 Å². The normalized spacial score (nSPS) is 11.7. The van der Waals surface area contributed by atoms with Crippen LogP contribution in [0.2, 0.25) is 0 Å². The smallest absolute Gasteiger partial charge is 0.242 e. The Kier molecular flexibility index (Phi) is 5.89. The Morgan fingerprint density at radius 2 is 2.22 bits per heavy atom. The fourth-order valence-corrected chi connectivity index (χ4v) is 1.31. The summed E-state index contributed by atoms with van der Waals surface area (Å²) in [7, 11) is 1.59. The first kappa shape index (κ1) is 14.2. The van der Waals surface area contributed by atoms with E-state index in [1.807, 2.05) is 0 Å². The van der Waals surface area contributed by atoms with Crippen molar-refractivity contribution in [2.75, 3.05) is 31.0 Å². The Labute approximate surface area is 106 Å². The van der Waals surface area contributed by atoms with Crippen molar-refractivity contribution in [3.8, 4) is 0 Å². The molecule has 1 amide bonds. The number of anilines is 2. The molecule has 1 atom stereocenters. The molecule has 0 saturated heterocycles. The molecule has 1 unspecified atom stereocenters. The minimum absolute atomic E-state index is 0.111. The molecule has 1 aromatic rings. The van der Waals surface area contributed by atoms with E-state index in [0.717, 1.165) is 0 Å². The molecule has 0 aliphatic carbocycles. The van der Waals surface area contributed by atoms with Gasteiger partial charge in [0.1, 0.15) is 17.7 Å². The topological polar surface area (TPSA) is 101 Å². The van der Waals surface area contributed by atoms with E-state index >= 15 is 0 Å². The lowest BCUT2D eigenvalue weighted by atomic mass is 10.3. The number of carbonyl (C=O) groups excluding carboxylic acids is 1. The highest BCUT2D eigenvalue weighted by Crippen LogP contribution is 2.08. The molecule has 0 aliphatic heterocycles. The quantitative estimate of drug-likeness (QED) is 0.308. The molecule has 0 spiro atoms. The highest BCUT2D eigenvalue weighted by Gasteiger charge is 2.12. The van der Waals surface area contributed by atoms with Crippen LogP contribution in [-0.2, 0) is 9.53 Å². The zero-order valence-corrected chi connectivity index (χ0v) is 10.6. The molecule has 5 N–H and O–H groups in total. The third-order valence-corrected chi connectivity index (χ3v) is 2.26. The lowest BCUT2D eigenvalue weighted by Gasteiger charge is -2.14. The Morgan fingerprint density at radius 3 is 2.89 bits per heavy atom. The number of nitrogens with zero attached hydrogens (tertiary/aromatic N) is 1. The van der Waals surface area contributed by atoms with Crippen LogP contribution >= 0.6 is 0 Å². The molecule has 0 fully saturated rings. The summed E-state index contributed by atoms with van der Waals surface area (Å²) in [6, 6.07) is 4.90. The van der Waals surface area contributed by atoms with Crippen molar-refractivity contribution in [3.63, 3.8) is 0 Å². The van der Waals surface area contributed by atoms with Crippen LogP contribution in [0, 0.1) is 0 Å². The van der Waals surface area contributed by atoms with Crippen LogP contribution in [-0.4, -0.2) is 37.2 Å². The zero-order valence-electron chi connectivity index (χ0n) is 10.6. The molecule has 0 bridgehead atoms. The highest BCUT2D eigenvalue weighted by molar-refractivity contribution is 5.83. The second kappa shape index (κ2) is 7.46. The SMILES string of the molecule is COCCNC(=O)C(C)Nc1cccc(NN)n1. The van der Waals surface area contributed by atoms with Gasteiger partial charge in [-0.15, -0.1) is 0 Å². The van der Waals surface area contributed by atoms with Crippen LogP contribution in [0.1, 0.15) is 6.92 Å². The molecule has 100 valence electrons. The summed E-state index contributed by atoms with van der Waals surface area (Å²) < 4.78 is 4.85. The van der Waals surface area contributed by atoms with Crippen LogP contribution in [0.15, 0.2) is 18.2 Å². The van der Waals surface area contributed by atoms with Gasteiger partial charge >= 0.3 is 0 Å². The van der Waals surface area contributed by atoms with E-state index in [2.05, 4.69) is 21.0 Å². The fraction of sp³-hybridized carbons (Fsp3) is 0.455. The molecule has 7 nitrogen and oxygen atoms in total. The first-order valence-electron chi connectivity index (χ1n) is 5.64. The Balaban J connectivity index is 2.47. The molecule has 1 heterocycles. The van der Waals surface area contributed by atoms with Gasteiger partial charge in [0.15, 0.2) is 0 Å². The van der Waals surface area contributed by atoms with E-state index in [1.54, 1.807) is 32.2 Å². The average molecular weight is 253 g/mol. The monoisotopic (exact) mass is 253 g/mol. The predicted octanol–water partition coefficient (Wildman–Crippen LogP) is -0.0698. The van der Waals surface area contributed by atoms with Gasteiger partial charge in [-0.05, 0) is 19.1 Å². The van der Waals surface area contributed by atoms with Gasteiger partial charge in [-0.3, -0.25) is 4.79 Å². The molecule has 0 aliphatic rings. The number of methoxy groups -OCH3 is 1. The minimum Gasteiger partial charge on any atom is -0.383 e. The largest absolute Gasteiger partial charge is 0.383 e. The van der Waals surface area contributed by atoms with Gasteiger partial charge in [0, 0.05) is 13.7 Å². The van der Waals surface area contributed by atoms with Gasteiger partial charge < -0.3 is 20.8 Å². The van der Waals surface area contributed by atoms with E-state index in [4.69, 9.17) is 10.6 Å². The maximum absolute atomic E-state index is 11.7. The van der Waals surface area contributed by atoms with Gasteiger partial charge in [-0.2, -0.15) is 0 Å². The van der Waals surface area contributed by atoms with E-state index in [9.17, 15) is 4.79 Å². The third kappa shape index (κ3) is 4.56. The van der Waals surface area contributed by atoms with Gasteiger partial charge in [0.05, 0.1) is 6.61 Å². The molecule has 1 rings (SSSR count). The molecule has 18 heavy (non-hydrogen) atoms. The number of aromatic nitrogens is 1. The maximum atomic E-state index is 11.7. The van der Waals surface area contributed by atoms with Gasteiger partial charge in [0.2, 0.25) is 5.91 Å². The van der Waals surface area contributed by atoms with Crippen molar-refractivity contribution >= 4 is 17.5 Å². The molecule has 0 saturated carbocycles. The van der Waals surface area contributed by atoms with Crippen molar-refractivity contribution in [1.82, 2.24) is 10.3 Å². The van der Waals surface area contributed by atoms with E-state index in [0.29, 0.717) is 24.8 Å². The van der Waals surface area contributed by atoms with E-state index in [1.165, 1.54) is 0 Å². The van der Waals surface area contributed by atoms with Crippen molar-refractivity contribution < 1.29 is 9.53 Å². The maximum Gasteiger partial charge on any atom is 0.242 e. The third-order valence-electron chi connectivity index (χ3n) is 2.26. The van der Waals surface area contributed by atoms with Crippen LogP contribution in [0.5, 0.6) is 0 Å². The van der Waals surface area contributed by atoms with Crippen LogP contribution < -0.4 is 21.9 Å². The number of nitrogen functional groups attached to an aromatic ring is 1. The molecular formula is C11H19N5O2. The second-order valence-electron chi connectivity index (χ2n) is 3.70. The Morgan fingerprint density at radius 1 is 1.50 bits per heavy atom. The number of rotatable bonds is 7. The number of ether oxygens (including phenoxy) is 1. The van der Waals surface area contributed by atoms with Crippen molar-refractivity contribution in [1.29, 1.82) is 0 Å². The van der Waals surface area contributed by atoms with Crippen molar-refractivity contribution in [2.45, 2.75) is 13.0 Å². The number of nitrogens with one attached hydrogen (secondary N) is 3. The predicted molar refractivity (Wildman–Crippen MR) is 70.0 cm³/mol. The Bertz CT molecular complexity index is 385. The van der Waals surface area contributed by atoms with Gasteiger partial charge in [-0.25, -0.2) is 10.8 Å². The molecule has 7 heteroatoms. The number of nitrogens with two attached hydrogens (primary N) is 1. The summed E-state index contributed by atoms with van der Waals surface area (Å²) in [5.41, 5.74) is 2.44. The second-order valence-corrected chi connectivity index (χ2v) is 3.70. The number of hydrazine groups is 1. The van der Waals surface area contributed by atoms with Gasteiger partial charge in [-0.1, -0.05) is 6.07 Å². The summed E-state index contributed by atoms with van der Waals surface area (Å²) in [6.07, 6.45) is 0. The lowest BCUT2D eigenvalue weighted by molar-refractivity contribution is -0.121. The number of hydrogen-bond acceptors (Lipinski definition) is 6. The zero-order chi connectivity index (χ0) is 13.4. The van der Waals surface area contributed by atoms with Crippen LogP contribution in [0.3, 0.4) is 0 Å². The van der Waals surface area contributed by atoms with Gasteiger partial charge in [0.25, 0.3) is 0 Å². The average Bonchev–Trinajstić information content (AvgIpc) is 2.39. The summed E-state index contributed by atoms with van der Waals surface area (Å²) in [6.45, 7) is 2.73. The van der Waals surface area contributed by atoms with E-state index < -0.39 is 0 Å².